The second-order valence-corrected chi connectivity index (χ2v) is 19.6. The van der Waals surface area contributed by atoms with Gasteiger partial charge in [0.05, 0.1) is 11.4 Å². The molecule has 0 atom stereocenters. The van der Waals surface area contributed by atoms with Crippen LogP contribution in [0.2, 0.25) is 0 Å². The minimum absolute atomic E-state index is 0. The number of ether oxygens (including phenoxy) is 1. The molecule has 0 fully saturated rings. The van der Waals surface area contributed by atoms with Crippen molar-refractivity contribution in [3.8, 4) is 50.9 Å². The van der Waals surface area contributed by atoms with Crippen molar-refractivity contribution in [2.24, 2.45) is 0 Å². The number of pyridine rings is 1. The average molecular weight is 1070 g/mol. The van der Waals surface area contributed by atoms with Gasteiger partial charge in [0.15, 0.2) is 0 Å². The van der Waals surface area contributed by atoms with E-state index in [9.17, 15) is 0 Å². The first kappa shape index (κ1) is 46.3. The van der Waals surface area contributed by atoms with Crippen molar-refractivity contribution in [2.75, 3.05) is 0 Å². The fraction of sp³-hybridized carbons (Fsp3) is 0.194. The minimum Gasteiger partial charge on any atom is -0.510 e. The molecule has 10 aromatic rings. The van der Waals surface area contributed by atoms with E-state index in [2.05, 4.69) is 252 Å². The zero-order valence-electron chi connectivity index (χ0n) is 40.3. The molecule has 3 aromatic heterocycles. The van der Waals surface area contributed by atoms with E-state index in [4.69, 9.17) is 9.72 Å². The summed E-state index contributed by atoms with van der Waals surface area (Å²) in [6.45, 7) is 20.2. The second-order valence-electron chi connectivity index (χ2n) is 19.6. The van der Waals surface area contributed by atoms with Gasteiger partial charge in [-0.05, 0) is 106 Å². The molecule has 0 saturated carbocycles. The first-order valence-electron chi connectivity index (χ1n) is 23.3. The topological polar surface area (TPSA) is 35.9 Å². The summed E-state index contributed by atoms with van der Waals surface area (Å²) in [7, 11) is 0. The molecule has 0 amide bonds. The largest absolute Gasteiger partial charge is 0.510 e. The zero-order valence-corrected chi connectivity index (χ0v) is 42.5. The van der Waals surface area contributed by atoms with E-state index in [1.54, 1.807) is 0 Å². The molecule has 0 N–H and O–H groups in total. The predicted molar refractivity (Wildman–Crippen MR) is 274 cm³/mol. The van der Waals surface area contributed by atoms with Gasteiger partial charge in [-0.2, -0.15) is 12.1 Å². The molecular weight excluding hydrogens is 1010 g/mol. The van der Waals surface area contributed by atoms with Crippen LogP contribution in [0.4, 0.5) is 0 Å². The molecule has 0 bridgehead atoms. The monoisotopic (exact) mass is 1070 g/mol. The van der Waals surface area contributed by atoms with E-state index < -0.39 is 0 Å². The van der Waals surface area contributed by atoms with Crippen LogP contribution in [0.5, 0.6) is 11.5 Å². The summed E-state index contributed by atoms with van der Waals surface area (Å²) in [5.41, 5.74) is 15.2. The molecule has 3 heterocycles. The van der Waals surface area contributed by atoms with Crippen molar-refractivity contribution in [1.82, 2.24) is 14.1 Å². The summed E-state index contributed by atoms with van der Waals surface area (Å²) in [5.74, 6) is 2.31. The van der Waals surface area contributed by atoms with Gasteiger partial charge in [0.2, 0.25) is 0 Å². The van der Waals surface area contributed by atoms with E-state index >= 15 is 0 Å². The summed E-state index contributed by atoms with van der Waals surface area (Å²) in [5, 5.41) is 2.20. The minimum atomic E-state index is -0.239. The Hall–Kier alpha value is -6.81. The third-order valence-electron chi connectivity index (χ3n) is 13.5. The molecule has 0 saturated heterocycles. The average Bonchev–Trinajstić information content (AvgIpc) is 3.83. The Bertz CT molecular complexity index is 3450. The van der Waals surface area contributed by atoms with Gasteiger partial charge in [-0.15, -0.1) is 35.2 Å². The van der Waals surface area contributed by atoms with Crippen LogP contribution in [-0.4, -0.2) is 14.1 Å². The van der Waals surface area contributed by atoms with Crippen molar-refractivity contribution >= 4 is 21.8 Å². The Kier molecular flexibility index (Phi) is 12.5. The molecule has 6 heteroatoms. The first-order valence-corrected chi connectivity index (χ1v) is 23.3. The molecule has 68 heavy (non-hydrogen) atoms. The number of benzene rings is 7. The Morgan fingerprint density at radius 2 is 1.31 bits per heavy atom. The second kappa shape index (κ2) is 18.4. The van der Waals surface area contributed by atoms with Gasteiger partial charge in [-0.3, -0.25) is 4.57 Å². The number of hydrogen-bond donors (Lipinski definition) is 0. The van der Waals surface area contributed by atoms with Gasteiger partial charge in [0, 0.05) is 55.4 Å². The van der Waals surface area contributed by atoms with Crippen LogP contribution in [0, 0.1) is 32.3 Å². The molecule has 10 rings (SSSR count). The molecule has 0 radical (unpaired) electrons. The molecule has 0 unspecified atom stereocenters. The third kappa shape index (κ3) is 8.65. The normalized spacial score (nSPS) is 11.9. The number of fused-ring (bicyclic) bond motifs is 3. The predicted octanol–water partition coefficient (Wildman–Crippen LogP) is 15.1. The van der Waals surface area contributed by atoms with Gasteiger partial charge in [-0.1, -0.05) is 163 Å². The van der Waals surface area contributed by atoms with Crippen molar-refractivity contribution in [3.63, 3.8) is 0 Å². The maximum atomic E-state index is 6.93. The van der Waals surface area contributed by atoms with Gasteiger partial charge in [0.25, 0.3) is 6.33 Å². The van der Waals surface area contributed by atoms with E-state index in [-0.39, 0.29) is 31.9 Å². The maximum absolute atomic E-state index is 6.93. The molecular formula is C62H56N4OPt-2. The van der Waals surface area contributed by atoms with Crippen LogP contribution in [0.1, 0.15) is 88.0 Å². The van der Waals surface area contributed by atoms with Crippen LogP contribution in [-0.2, 0) is 31.9 Å². The van der Waals surface area contributed by atoms with E-state index in [1.807, 2.05) is 12.3 Å². The van der Waals surface area contributed by atoms with Crippen LogP contribution < -0.4 is 9.30 Å². The zero-order chi connectivity index (χ0) is 46.6. The smallest absolute Gasteiger partial charge is 0.267 e. The SMILES string of the molecule is Cc1c(C)[n+](-c2cc(-c3ccccc3)cc(C(C)(C)C)c2)[c-]n1-c1[c-]c(Oc2[c-]c3c(cc2)c2ccccc2n3-c2cc(C(C)(C)c3ccccc3)ccn2)cc(-c2ccccc2C(C)C)c1.[Pt]. The van der Waals surface area contributed by atoms with Crippen molar-refractivity contribution in [1.29, 1.82) is 0 Å². The molecule has 0 spiro atoms. The Morgan fingerprint density at radius 3 is 2.06 bits per heavy atom. The molecule has 342 valence electrons. The number of imidazole rings is 1. The number of para-hydroxylation sites is 1. The number of nitrogens with zero attached hydrogens (tertiary/aromatic N) is 4. The van der Waals surface area contributed by atoms with Crippen LogP contribution in [0.3, 0.4) is 0 Å². The fourth-order valence-electron chi connectivity index (χ4n) is 9.39. The van der Waals surface area contributed by atoms with Crippen LogP contribution in [0.15, 0.2) is 170 Å². The molecule has 7 aromatic carbocycles. The van der Waals surface area contributed by atoms with Crippen LogP contribution >= 0.6 is 0 Å². The van der Waals surface area contributed by atoms with E-state index in [1.165, 1.54) is 33.4 Å². The molecule has 0 aliphatic carbocycles. The first-order chi connectivity index (χ1) is 32.2. The molecule has 0 aliphatic heterocycles. The van der Waals surface area contributed by atoms with E-state index in [0.717, 1.165) is 61.5 Å². The maximum Gasteiger partial charge on any atom is 0.267 e. The van der Waals surface area contributed by atoms with Gasteiger partial charge >= 0.3 is 0 Å². The quantitative estimate of drug-likeness (QED) is 0.101. The molecule has 5 nitrogen and oxygen atoms in total. The Balaban J connectivity index is 0.00000578. The summed E-state index contributed by atoms with van der Waals surface area (Å²) in [6.07, 6.45) is 5.68. The summed E-state index contributed by atoms with van der Waals surface area (Å²) >= 11 is 0. The molecule has 0 aliphatic rings. The van der Waals surface area contributed by atoms with Crippen molar-refractivity contribution in [3.05, 3.63) is 222 Å². The van der Waals surface area contributed by atoms with Gasteiger partial charge in [0.1, 0.15) is 5.82 Å². The van der Waals surface area contributed by atoms with Crippen molar-refractivity contribution in [2.45, 2.75) is 79.1 Å². The third-order valence-corrected chi connectivity index (χ3v) is 13.5. The van der Waals surface area contributed by atoms with E-state index in [0.29, 0.717) is 17.4 Å². The number of aromatic nitrogens is 4. The van der Waals surface area contributed by atoms with Gasteiger partial charge < -0.3 is 13.9 Å². The van der Waals surface area contributed by atoms with Crippen LogP contribution in [0.25, 0.3) is 61.3 Å². The number of rotatable bonds is 10. The van der Waals surface area contributed by atoms with Gasteiger partial charge in [-0.25, -0.2) is 4.98 Å². The summed E-state index contributed by atoms with van der Waals surface area (Å²) in [4.78, 5) is 4.98. The van der Waals surface area contributed by atoms with Crippen molar-refractivity contribution < 1.29 is 30.4 Å². The fourth-order valence-corrected chi connectivity index (χ4v) is 9.39. The Morgan fingerprint density at radius 1 is 0.603 bits per heavy atom. The summed E-state index contributed by atoms with van der Waals surface area (Å²) in [6, 6.07) is 65.5. The number of hydrogen-bond acceptors (Lipinski definition) is 2. The summed E-state index contributed by atoms with van der Waals surface area (Å²) < 4.78 is 13.5. The standard InChI is InChI=1S/C62H56N4O.Pt/c1-41(2)54-24-16-17-25-55(54)46-34-51(65-40-64(42(3)43(65)4)50-33-45(44-20-12-10-13-21-44)32-49(36-50)61(5,6)7)38-53(35-46)67-52-28-29-57-56-26-18-19-27-58(56)66(59(57)39-52)60-37-48(30-31-63-60)62(8,9)47-22-14-11-15-23-47;/h10-37,41H,1-9H3;/q-2;. The Labute approximate surface area is 416 Å².